The molecule has 0 amide bonds. The van der Waals surface area contributed by atoms with E-state index in [2.05, 4.69) is 39.3 Å². The van der Waals surface area contributed by atoms with Crippen LogP contribution in [-0.2, 0) is 0 Å². The number of para-hydroxylation sites is 1. The van der Waals surface area contributed by atoms with Crippen LogP contribution in [0.25, 0.3) is 0 Å². The number of anilines is 1. The van der Waals surface area contributed by atoms with Crippen molar-refractivity contribution in [1.82, 2.24) is 15.6 Å². The molecule has 0 bridgehead atoms. The molecule has 0 aromatic heterocycles. The van der Waals surface area contributed by atoms with Gasteiger partial charge in [-0.3, -0.25) is 5.32 Å². The van der Waals surface area contributed by atoms with Gasteiger partial charge in [-0.05, 0) is 49.2 Å². The SMILES string of the molecule is OC1NCC2CCN(CC3NNc4ccccc43)CCC2Oc2ccc(F)cc21. The fraction of sp³-hybridized carbons (Fsp3) is 0.455. The molecule has 5 rings (SSSR count). The number of halogens is 1. The molecule has 0 spiro atoms. The molecular weight excluding hydrogens is 371 g/mol. The van der Waals surface area contributed by atoms with Crippen LogP contribution in [0.4, 0.5) is 10.1 Å². The highest BCUT2D eigenvalue weighted by atomic mass is 19.1. The van der Waals surface area contributed by atoms with Crippen molar-refractivity contribution in [2.45, 2.75) is 31.2 Å². The molecule has 4 atom stereocenters. The van der Waals surface area contributed by atoms with Crippen molar-refractivity contribution in [3.8, 4) is 5.75 Å². The number of hydrogen-bond donors (Lipinski definition) is 4. The van der Waals surface area contributed by atoms with Crippen molar-refractivity contribution in [3.63, 3.8) is 0 Å². The molecule has 7 heteroatoms. The summed E-state index contributed by atoms with van der Waals surface area (Å²) < 4.78 is 19.9. The molecule has 6 nitrogen and oxygen atoms in total. The fourth-order valence-electron chi connectivity index (χ4n) is 4.70. The van der Waals surface area contributed by atoms with Gasteiger partial charge in [-0.1, -0.05) is 18.2 Å². The van der Waals surface area contributed by atoms with E-state index in [0.29, 0.717) is 23.8 Å². The maximum absolute atomic E-state index is 13.6. The highest BCUT2D eigenvalue weighted by Gasteiger charge is 2.33. The van der Waals surface area contributed by atoms with E-state index < -0.39 is 6.23 Å². The molecule has 0 saturated carbocycles. The quantitative estimate of drug-likeness (QED) is 0.624. The summed E-state index contributed by atoms with van der Waals surface area (Å²) in [5, 5.41) is 13.6. The molecule has 3 heterocycles. The zero-order chi connectivity index (χ0) is 19.8. The topological polar surface area (TPSA) is 68.8 Å². The van der Waals surface area contributed by atoms with Gasteiger partial charge in [-0.25, -0.2) is 9.82 Å². The van der Waals surface area contributed by atoms with E-state index in [-0.39, 0.29) is 18.0 Å². The second kappa shape index (κ2) is 7.91. The van der Waals surface area contributed by atoms with E-state index in [1.54, 1.807) is 6.07 Å². The van der Waals surface area contributed by atoms with Gasteiger partial charge in [0, 0.05) is 31.1 Å². The fourth-order valence-corrected chi connectivity index (χ4v) is 4.70. The summed E-state index contributed by atoms with van der Waals surface area (Å²) in [7, 11) is 0. The average molecular weight is 398 g/mol. The molecule has 3 aliphatic rings. The number of aliphatic hydroxyl groups is 1. The smallest absolute Gasteiger partial charge is 0.134 e. The van der Waals surface area contributed by atoms with Gasteiger partial charge >= 0.3 is 0 Å². The minimum Gasteiger partial charge on any atom is -0.490 e. The van der Waals surface area contributed by atoms with Gasteiger partial charge in [-0.15, -0.1) is 0 Å². The molecule has 4 N–H and O–H groups in total. The highest BCUT2D eigenvalue weighted by Crippen LogP contribution is 2.33. The summed E-state index contributed by atoms with van der Waals surface area (Å²) in [5.41, 5.74) is 9.60. The molecule has 29 heavy (non-hydrogen) atoms. The van der Waals surface area contributed by atoms with Crippen LogP contribution in [0.3, 0.4) is 0 Å². The summed E-state index contributed by atoms with van der Waals surface area (Å²) in [6, 6.07) is 13.0. The third-order valence-corrected chi connectivity index (χ3v) is 6.35. The van der Waals surface area contributed by atoms with Crippen molar-refractivity contribution < 1.29 is 14.2 Å². The number of nitrogens with one attached hydrogen (secondary N) is 3. The second-order valence-electron chi connectivity index (χ2n) is 8.20. The van der Waals surface area contributed by atoms with E-state index >= 15 is 0 Å². The van der Waals surface area contributed by atoms with E-state index in [1.165, 1.54) is 17.7 Å². The number of fused-ring (bicyclic) bond motifs is 3. The maximum Gasteiger partial charge on any atom is 0.134 e. The van der Waals surface area contributed by atoms with Crippen LogP contribution in [0.5, 0.6) is 5.75 Å². The van der Waals surface area contributed by atoms with Gasteiger partial charge in [0.15, 0.2) is 0 Å². The molecule has 0 aliphatic carbocycles. The minimum atomic E-state index is -0.911. The number of rotatable bonds is 2. The summed E-state index contributed by atoms with van der Waals surface area (Å²) >= 11 is 0. The van der Waals surface area contributed by atoms with Crippen LogP contribution >= 0.6 is 0 Å². The van der Waals surface area contributed by atoms with E-state index in [9.17, 15) is 9.50 Å². The van der Waals surface area contributed by atoms with Gasteiger partial charge in [0.2, 0.25) is 0 Å². The van der Waals surface area contributed by atoms with Gasteiger partial charge in [0.25, 0.3) is 0 Å². The number of aliphatic hydroxyl groups excluding tert-OH is 1. The van der Waals surface area contributed by atoms with Crippen LogP contribution in [0.2, 0.25) is 0 Å². The lowest BCUT2D eigenvalue weighted by atomic mass is 9.95. The summed E-state index contributed by atoms with van der Waals surface area (Å²) in [4.78, 5) is 2.48. The lowest BCUT2D eigenvalue weighted by Gasteiger charge is -2.31. The number of likely N-dealkylation sites (tertiary alicyclic amines) is 1. The molecule has 1 fully saturated rings. The van der Waals surface area contributed by atoms with Gasteiger partial charge in [0.05, 0.1) is 11.7 Å². The van der Waals surface area contributed by atoms with E-state index in [1.807, 2.05) is 6.07 Å². The Hall–Kier alpha value is -2.19. The Bertz CT molecular complexity index is 880. The monoisotopic (exact) mass is 398 g/mol. The Labute approximate surface area is 170 Å². The number of hydrogen-bond acceptors (Lipinski definition) is 6. The Kier molecular flexibility index (Phi) is 5.13. The Morgan fingerprint density at radius 1 is 1.10 bits per heavy atom. The van der Waals surface area contributed by atoms with Gasteiger partial charge in [0.1, 0.15) is 23.9 Å². The molecule has 2 aromatic rings. The van der Waals surface area contributed by atoms with Crippen LogP contribution in [0.1, 0.15) is 36.2 Å². The van der Waals surface area contributed by atoms with E-state index in [0.717, 1.165) is 38.2 Å². The molecule has 2 aromatic carbocycles. The predicted octanol–water partition coefficient (Wildman–Crippen LogP) is 2.55. The number of nitrogens with zero attached hydrogens (tertiary/aromatic N) is 1. The first-order chi connectivity index (χ1) is 14.2. The van der Waals surface area contributed by atoms with Crippen LogP contribution in [0, 0.1) is 11.7 Å². The number of hydrazine groups is 1. The Morgan fingerprint density at radius 2 is 1.97 bits per heavy atom. The standard InChI is InChI=1S/C22H27FN4O2/c23-15-5-6-21-17(11-15)22(28)24-12-14-7-9-27(10-8-20(14)29-21)13-19-16-3-1-2-4-18(16)25-26-19/h1-6,11,14,19-20,22,24-26,28H,7-10,12-13H2. The lowest BCUT2D eigenvalue weighted by Crippen LogP contribution is -2.39. The average Bonchev–Trinajstić information content (AvgIpc) is 3.03. The van der Waals surface area contributed by atoms with Crippen molar-refractivity contribution in [2.24, 2.45) is 5.92 Å². The first-order valence-electron chi connectivity index (χ1n) is 10.4. The second-order valence-corrected chi connectivity index (χ2v) is 8.20. The lowest BCUT2D eigenvalue weighted by molar-refractivity contribution is 0.0700. The summed E-state index contributed by atoms with van der Waals surface area (Å²) in [6.07, 6.45) is 1.03. The third-order valence-electron chi connectivity index (χ3n) is 6.35. The molecule has 0 radical (unpaired) electrons. The molecule has 4 unspecified atom stereocenters. The van der Waals surface area contributed by atoms with Gasteiger partial charge < -0.3 is 20.2 Å². The Morgan fingerprint density at radius 3 is 2.90 bits per heavy atom. The molecule has 3 aliphatic heterocycles. The minimum absolute atomic E-state index is 0.0474. The summed E-state index contributed by atoms with van der Waals surface area (Å²) in [5.74, 6) is 0.509. The van der Waals surface area contributed by atoms with Crippen LogP contribution in [-0.4, -0.2) is 42.3 Å². The van der Waals surface area contributed by atoms with Crippen molar-refractivity contribution in [2.75, 3.05) is 31.6 Å². The Balaban J connectivity index is 1.29. The van der Waals surface area contributed by atoms with Crippen LogP contribution in [0.15, 0.2) is 42.5 Å². The molecular formula is C22H27FN4O2. The first-order valence-corrected chi connectivity index (χ1v) is 10.4. The zero-order valence-corrected chi connectivity index (χ0v) is 16.3. The first kappa shape index (κ1) is 18.8. The van der Waals surface area contributed by atoms with Crippen molar-refractivity contribution in [3.05, 3.63) is 59.4 Å². The third kappa shape index (κ3) is 3.83. The molecule has 1 saturated heterocycles. The number of ether oxygens (including phenoxy) is 1. The van der Waals surface area contributed by atoms with Gasteiger partial charge in [-0.2, -0.15) is 0 Å². The maximum atomic E-state index is 13.6. The van der Waals surface area contributed by atoms with Crippen molar-refractivity contribution >= 4 is 5.69 Å². The normalized spacial score (nSPS) is 29.3. The zero-order valence-electron chi connectivity index (χ0n) is 16.3. The highest BCUT2D eigenvalue weighted by molar-refractivity contribution is 5.55. The predicted molar refractivity (Wildman–Crippen MR) is 109 cm³/mol. The largest absolute Gasteiger partial charge is 0.490 e. The van der Waals surface area contributed by atoms with Crippen molar-refractivity contribution in [1.29, 1.82) is 0 Å². The summed E-state index contributed by atoms with van der Waals surface area (Å²) in [6.45, 7) is 3.52. The van der Waals surface area contributed by atoms with E-state index in [4.69, 9.17) is 4.74 Å². The molecule has 154 valence electrons. The van der Waals surface area contributed by atoms with Crippen LogP contribution < -0.4 is 20.9 Å². The number of benzene rings is 2.